The van der Waals surface area contributed by atoms with Crippen LogP contribution in [-0.4, -0.2) is 38.0 Å². The van der Waals surface area contributed by atoms with Crippen molar-refractivity contribution in [2.24, 2.45) is 0 Å². The van der Waals surface area contributed by atoms with Crippen molar-refractivity contribution >= 4 is 21.9 Å². The van der Waals surface area contributed by atoms with Crippen molar-refractivity contribution in [1.82, 2.24) is 10.0 Å². The molecule has 1 fully saturated rings. The van der Waals surface area contributed by atoms with Crippen LogP contribution in [0.25, 0.3) is 0 Å². The van der Waals surface area contributed by atoms with Gasteiger partial charge in [0, 0.05) is 6.54 Å². The first-order chi connectivity index (χ1) is 9.40. The fraction of sp³-hybridized carbons (Fsp3) is 0.455. The number of furan rings is 1. The lowest BCUT2D eigenvalue weighted by Gasteiger charge is -2.13. The van der Waals surface area contributed by atoms with Crippen molar-refractivity contribution in [2.45, 2.75) is 30.4 Å². The minimum absolute atomic E-state index is 0.386. The predicted octanol–water partition coefficient (Wildman–Crippen LogP) is -0.0752. The van der Waals surface area contributed by atoms with Gasteiger partial charge in [-0.05, 0) is 31.4 Å². The summed E-state index contributed by atoms with van der Waals surface area (Å²) in [7, 11) is -4.06. The van der Waals surface area contributed by atoms with E-state index >= 15 is 0 Å². The Morgan fingerprint density at radius 3 is 2.80 bits per heavy atom. The number of carboxylic acid groups (broad SMARTS) is 1. The molecular formula is C11H14N2O6S. The zero-order valence-electron chi connectivity index (χ0n) is 10.5. The topological polar surface area (TPSA) is 126 Å². The molecule has 0 radical (unpaired) electrons. The number of nitrogens with one attached hydrogen (secondary N) is 2. The third kappa shape index (κ3) is 3.17. The highest BCUT2D eigenvalue weighted by Gasteiger charge is 2.29. The van der Waals surface area contributed by atoms with E-state index in [0.29, 0.717) is 19.4 Å². The van der Waals surface area contributed by atoms with E-state index in [1.54, 1.807) is 0 Å². The van der Waals surface area contributed by atoms with Gasteiger partial charge in [-0.25, -0.2) is 13.2 Å². The van der Waals surface area contributed by atoms with E-state index in [-0.39, 0.29) is 0 Å². The van der Waals surface area contributed by atoms with Gasteiger partial charge in [-0.3, -0.25) is 4.79 Å². The van der Waals surface area contributed by atoms with E-state index in [4.69, 9.17) is 9.52 Å². The molecule has 1 unspecified atom stereocenters. The van der Waals surface area contributed by atoms with Crippen molar-refractivity contribution < 1.29 is 27.5 Å². The molecule has 1 saturated heterocycles. The summed E-state index contributed by atoms with van der Waals surface area (Å²) in [6, 6.07) is 1.21. The van der Waals surface area contributed by atoms with E-state index in [0.717, 1.165) is 18.6 Å². The second kappa shape index (κ2) is 5.63. The number of carbonyl (C=O) groups is 2. The number of aromatic carboxylic acids is 1. The minimum atomic E-state index is -4.06. The molecule has 0 aliphatic carbocycles. The van der Waals surface area contributed by atoms with Crippen LogP contribution in [0.4, 0.5) is 0 Å². The van der Waals surface area contributed by atoms with Crippen LogP contribution >= 0.6 is 0 Å². The Labute approximate surface area is 115 Å². The second-order valence-corrected chi connectivity index (χ2v) is 6.03. The van der Waals surface area contributed by atoms with Gasteiger partial charge in [0.25, 0.3) is 10.0 Å². The largest absolute Gasteiger partial charge is 0.475 e. The number of rotatable bonds is 4. The highest BCUT2D eigenvalue weighted by atomic mass is 32.2. The first kappa shape index (κ1) is 14.5. The molecule has 0 aromatic carbocycles. The Kier molecular flexibility index (Phi) is 4.09. The van der Waals surface area contributed by atoms with Crippen LogP contribution in [-0.2, 0) is 14.8 Å². The fourth-order valence-electron chi connectivity index (χ4n) is 1.88. The lowest BCUT2D eigenvalue weighted by molar-refractivity contribution is -0.122. The van der Waals surface area contributed by atoms with E-state index in [1.807, 2.05) is 0 Å². The van der Waals surface area contributed by atoms with Gasteiger partial charge in [0.15, 0.2) is 0 Å². The standard InChI is InChI=1S/C11H14N2O6S/c14-10-7(3-1-2-6-12-10)13-20(17,18)9-5-4-8(19-9)11(15)16/h4-5,7,13H,1-3,6H2,(H,12,14)(H,15,16). The fourth-order valence-corrected chi connectivity index (χ4v) is 3.04. The highest BCUT2D eigenvalue weighted by Crippen LogP contribution is 2.16. The van der Waals surface area contributed by atoms with Gasteiger partial charge in [-0.1, -0.05) is 0 Å². The van der Waals surface area contributed by atoms with Crippen molar-refractivity contribution in [3.8, 4) is 0 Å². The maximum absolute atomic E-state index is 12.0. The third-order valence-electron chi connectivity index (χ3n) is 2.89. The van der Waals surface area contributed by atoms with Crippen LogP contribution in [0.15, 0.2) is 21.6 Å². The lowest BCUT2D eigenvalue weighted by Crippen LogP contribution is -2.45. The molecule has 0 spiro atoms. The van der Waals surface area contributed by atoms with Crippen LogP contribution < -0.4 is 10.0 Å². The Balaban J connectivity index is 2.17. The van der Waals surface area contributed by atoms with Gasteiger partial charge in [0.05, 0.1) is 0 Å². The van der Waals surface area contributed by atoms with E-state index in [2.05, 4.69) is 10.0 Å². The molecule has 3 N–H and O–H groups in total. The maximum atomic E-state index is 12.0. The molecule has 8 nitrogen and oxygen atoms in total. The van der Waals surface area contributed by atoms with Crippen LogP contribution in [0.1, 0.15) is 29.8 Å². The van der Waals surface area contributed by atoms with Crippen LogP contribution in [0, 0.1) is 0 Å². The van der Waals surface area contributed by atoms with E-state index in [1.165, 1.54) is 0 Å². The summed E-state index contributed by atoms with van der Waals surface area (Å²) in [5, 5.41) is 10.8. The second-order valence-electron chi connectivity index (χ2n) is 4.38. The minimum Gasteiger partial charge on any atom is -0.475 e. The van der Waals surface area contributed by atoms with Gasteiger partial charge in [0.1, 0.15) is 6.04 Å². The SMILES string of the molecule is O=C(O)c1ccc(S(=O)(=O)NC2CCCCNC2=O)o1. The zero-order chi connectivity index (χ0) is 14.8. The molecule has 1 aliphatic heterocycles. The van der Waals surface area contributed by atoms with Crippen LogP contribution in [0.5, 0.6) is 0 Å². The van der Waals surface area contributed by atoms with Gasteiger partial charge >= 0.3 is 5.97 Å². The Bertz CT molecular complexity index is 621. The molecule has 2 heterocycles. The third-order valence-corrected chi connectivity index (χ3v) is 4.23. The maximum Gasteiger partial charge on any atom is 0.371 e. The lowest BCUT2D eigenvalue weighted by atomic mass is 10.1. The number of hydrogen-bond acceptors (Lipinski definition) is 5. The number of amides is 1. The number of hydrogen-bond donors (Lipinski definition) is 3. The van der Waals surface area contributed by atoms with Crippen LogP contribution in [0.3, 0.4) is 0 Å². The van der Waals surface area contributed by atoms with Crippen LogP contribution in [0.2, 0.25) is 0 Å². The summed E-state index contributed by atoms with van der Waals surface area (Å²) in [4.78, 5) is 22.3. The molecule has 9 heteroatoms. The van der Waals surface area contributed by atoms with Gasteiger partial charge < -0.3 is 14.8 Å². The molecule has 1 aromatic heterocycles. The number of carboxylic acids is 1. The molecule has 20 heavy (non-hydrogen) atoms. The Morgan fingerprint density at radius 1 is 1.40 bits per heavy atom. The molecule has 1 amide bonds. The monoisotopic (exact) mass is 302 g/mol. The summed E-state index contributed by atoms with van der Waals surface area (Å²) in [6.07, 6.45) is 1.88. The summed E-state index contributed by atoms with van der Waals surface area (Å²) < 4.78 is 31.0. The first-order valence-corrected chi connectivity index (χ1v) is 7.51. The van der Waals surface area contributed by atoms with Crippen molar-refractivity contribution in [1.29, 1.82) is 0 Å². The summed E-state index contributed by atoms with van der Waals surface area (Å²) in [5.41, 5.74) is 0. The smallest absolute Gasteiger partial charge is 0.371 e. The van der Waals surface area contributed by atoms with Gasteiger partial charge in [0.2, 0.25) is 16.8 Å². The molecule has 1 atom stereocenters. The molecule has 1 aromatic rings. The van der Waals surface area contributed by atoms with Gasteiger partial charge in [-0.15, -0.1) is 0 Å². The molecule has 0 bridgehead atoms. The summed E-state index contributed by atoms with van der Waals surface area (Å²) in [6.45, 7) is 0.515. The molecular weight excluding hydrogens is 288 g/mol. The average Bonchev–Trinajstić information content (AvgIpc) is 2.79. The number of sulfonamides is 1. The van der Waals surface area contributed by atoms with Crippen molar-refractivity contribution in [2.75, 3.05) is 6.54 Å². The molecule has 110 valence electrons. The quantitative estimate of drug-likeness (QED) is 0.714. The molecule has 0 saturated carbocycles. The summed E-state index contributed by atoms with van der Waals surface area (Å²) in [5.74, 6) is -2.23. The van der Waals surface area contributed by atoms with Crippen molar-refractivity contribution in [3.63, 3.8) is 0 Å². The zero-order valence-corrected chi connectivity index (χ0v) is 11.3. The highest BCUT2D eigenvalue weighted by molar-refractivity contribution is 7.89. The molecule has 2 rings (SSSR count). The van der Waals surface area contributed by atoms with E-state index in [9.17, 15) is 18.0 Å². The van der Waals surface area contributed by atoms with E-state index < -0.39 is 38.8 Å². The average molecular weight is 302 g/mol. The first-order valence-electron chi connectivity index (χ1n) is 6.03. The Morgan fingerprint density at radius 2 is 2.15 bits per heavy atom. The normalized spacial score (nSPS) is 20.2. The summed E-state index contributed by atoms with van der Waals surface area (Å²) >= 11 is 0. The Hall–Kier alpha value is -1.87. The predicted molar refractivity (Wildman–Crippen MR) is 66.6 cm³/mol. The van der Waals surface area contributed by atoms with Crippen molar-refractivity contribution in [3.05, 3.63) is 17.9 Å². The van der Waals surface area contributed by atoms with Gasteiger partial charge in [-0.2, -0.15) is 4.72 Å². The molecule has 1 aliphatic rings. The number of carbonyl (C=O) groups excluding carboxylic acids is 1.